The van der Waals surface area contributed by atoms with Crippen LogP contribution < -0.4 is 4.74 Å². The van der Waals surface area contributed by atoms with Gasteiger partial charge in [-0.05, 0) is 83.3 Å². The molecule has 0 fully saturated rings. The summed E-state index contributed by atoms with van der Waals surface area (Å²) >= 11 is 0. The largest absolute Gasteiger partial charge is 0.490 e. The van der Waals surface area contributed by atoms with E-state index >= 15 is 0 Å². The van der Waals surface area contributed by atoms with Gasteiger partial charge in [0.15, 0.2) is 0 Å². The zero-order chi connectivity index (χ0) is 21.5. The van der Waals surface area contributed by atoms with Gasteiger partial charge < -0.3 is 4.74 Å². The second-order valence-corrected chi connectivity index (χ2v) is 7.40. The molecule has 0 spiro atoms. The number of aryl methyl sites for hydroxylation is 2. The number of hydrogen-bond donors (Lipinski definition) is 0. The minimum atomic E-state index is -0.221. The Bertz CT molecular complexity index is 1240. The van der Waals surface area contributed by atoms with E-state index in [1.54, 1.807) is 12.1 Å². The molecule has 0 saturated heterocycles. The molecule has 31 heavy (non-hydrogen) atoms. The summed E-state index contributed by atoms with van der Waals surface area (Å²) in [6, 6.07) is 27.2. The SMILES string of the molecule is C=CCOc1ccc(CCc2ccc(C#Cc3ccc4cc(F)ccc4c3)cc2)cc1. The molecule has 0 unspecified atom stereocenters. The maximum Gasteiger partial charge on any atom is 0.123 e. The molecule has 0 heterocycles. The molecule has 0 aliphatic heterocycles. The van der Waals surface area contributed by atoms with E-state index < -0.39 is 0 Å². The molecule has 1 nitrogen and oxygen atoms in total. The number of ether oxygens (including phenoxy) is 1. The number of benzene rings is 4. The van der Waals surface area contributed by atoms with E-state index in [9.17, 15) is 4.39 Å². The minimum absolute atomic E-state index is 0.221. The Morgan fingerprint density at radius 2 is 1.29 bits per heavy atom. The number of fused-ring (bicyclic) bond motifs is 1. The van der Waals surface area contributed by atoms with E-state index in [0.29, 0.717) is 6.61 Å². The summed E-state index contributed by atoms with van der Waals surface area (Å²) in [6.07, 6.45) is 3.69. The Balaban J connectivity index is 1.36. The van der Waals surface area contributed by atoms with E-state index in [4.69, 9.17) is 4.74 Å². The third-order valence-corrected chi connectivity index (χ3v) is 5.10. The van der Waals surface area contributed by atoms with Crippen LogP contribution in [0.3, 0.4) is 0 Å². The molecule has 2 heteroatoms. The summed E-state index contributed by atoms with van der Waals surface area (Å²) in [5.74, 6) is 7.06. The average molecular weight is 407 g/mol. The topological polar surface area (TPSA) is 9.23 Å². The molecule has 0 aliphatic carbocycles. The Kier molecular flexibility index (Phi) is 6.45. The van der Waals surface area contributed by atoms with Gasteiger partial charge in [-0.25, -0.2) is 4.39 Å². The molecule has 0 saturated carbocycles. The molecule has 4 rings (SSSR count). The van der Waals surface area contributed by atoms with Crippen LogP contribution >= 0.6 is 0 Å². The van der Waals surface area contributed by atoms with E-state index in [1.165, 1.54) is 23.3 Å². The second-order valence-electron chi connectivity index (χ2n) is 7.40. The molecular weight excluding hydrogens is 383 g/mol. The lowest BCUT2D eigenvalue weighted by Gasteiger charge is -2.06. The Labute approximate surface area is 182 Å². The maximum atomic E-state index is 13.3. The van der Waals surface area contributed by atoms with E-state index in [1.807, 2.05) is 30.3 Å². The highest BCUT2D eigenvalue weighted by Gasteiger charge is 1.99. The molecule has 4 aromatic rings. The van der Waals surface area contributed by atoms with Crippen molar-refractivity contribution in [2.24, 2.45) is 0 Å². The Morgan fingerprint density at radius 3 is 2.00 bits per heavy atom. The van der Waals surface area contributed by atoms with Gasteiger partial charge in [-0.3, -0.25) is 0 Å². The van der Waals surface area contributed by atoms with Crippen molar-refractivity contribution in [1.82, 2.24) is 0 Å². The summed E-state index contributed by atoms with van der Waals surface area (Å²) in [6.45, 7) is 4.18. The van der Waals surface area contributed by atoms with Gasteiger partial charge in [0, 0.05) is 11.1 Å². The van der Waals surface area contributed by atoms with Crippen molar-refractivity contribution in [3.63, 3.8) is 0 Å². The molecule has 152 valence electrons. The summed E-state index contributed by atoms with van der Waals surface area (Å²) in [4.78, 5) is 0. The van der Waals surface area contributed by atoms with Crippen molar-refractivity contribution in [2.45, 2.75) is 12.8 Å². The van der Waals surface area contributed by atoms with Crippen molar-refractivity contribution in [3.8, 4) is 17.6 Å². The molecule has 0 aromatic heterocycles. The molecule has 0 radical (unpaired) electrons. The van der Waals surface area contributed by atoms with Gasteiger partial charge in [0.25, 0.3) is 0 Å². The fourth-order valence-corrected chi connectivity index (χ4v) is 3.39. The van der Waals surface area contributed by atoms with Gasteiger partial charge in [-0.1, -0.05) is 60.9 Å². The highest BCUT2D eigenvalue weighted by atomic mass is 19.1. The van der Waals surface area contributed by atoms with E-state index in [0.717, 1.165) is 40.5 Å². The van der Waals surface area contributed by atoms with Gasteiger partial charge in [0.2, 0.25) is 0 Å². The number of halogens is 1. The number of hydrogen-bond acceptors (Lipinski definition) is 1. The van der Waals surface area contributed by atoms with Crippen LogP contribution in [0.5, 0.6) is 5.75 Å². The molecule has 0 N–H and O–H groups in total. The van der Waals surface area contributed by atoms with E-state index in [2.05, 4.69) is 54.8 Å². The zero-order valence-electron chi connectivity index (χ0n) is 17.3. The summed E-state index contributed by atoms with van der Waals surface area (Å²) in [5, 5.41) is 1.87. The van der Waals surface area contributed by atoms with Crippen molar-refractivity contribution >= 4 is 10.8 Å². The Morgan fingerprint density at radius 1 is 0.710 bits per heavy atom. The lowest BCUT2D eigenvalue weighted by atomic mass is 10.0. The lowest BCUT2D eigenvalue weighted by Crippen LogP contribution is -1.94. The van der Waals surface area contributed by atoms with Crippen LogP contribution in [0.2, 0.25) is 0 Å². The molecule has 0 aliphatic rings. The monoisotopic (exact) mass is 406 g/mol. The summed E-state index contributed by atoms with van der Waals surface area (Å²) < 4.78 is 18.8. The quantitative estimate of drug-likeness (QED) is 0.255. The third-order valence-electron chi connectivity index (χ3n) is 5.10. The Hall–Kier alpha value is -3.83. The van der Waals surface area contributed by atoms with Crippen molar-refractivity contribution in [1.29, 1.82) is 0 Å². The van der Waals surface area contributed by atoms with Crippen LogP contribution in [0.4, 0.5) is 4.39 Å². The smallest absolute Gasteiger partial charge is 0.123 e. The predicted molar refractivity (Wildman–Crippen MR) is 126 cm³/mol. The first kappa shape index (κ1) is 20.4. The van der Waals surface area contributed by atoms with E-state index in [-0.39, 0.29) is 5.82 Å². The molecule has 0 atom stereocenters. The van der Waals surface area contributed by atoms with Gasteiger partial charge in [-0.2, -0.15) is 0 Å². The van der Waals surface area contributed by atoms with Gasteiger partial charge in [0.05, 0.1) is 0 Å². The first-order valence-electron chi connectivity index (χ1n) is 10.3. The minimum Gasteiger partial charge on any atom is -0.490 e. The fraction of sp³-hybridized carbons (Fsp3) is 0.103. The van der Waals surface area contributed by atoms with Gasteiger partial charge >= 0.3 is 0 Å². The predicted octanol–water partition coefficient (Wildman–Crippen LogP) is 6.73. The van der Waals surface area contributed by atoms with Crippen LogP contribution in [0.15, 0.2) is 97.6 Å². The van der Waals surface area contributed by atoms with Gasteiger partial charge in [0.1, 0.15) is 18.2 Å². The van der Waals surface area contributed by atoms with Crippen LogP contribution in [0.1, 0.15) is 22.3 Å². The molecule has 0 amide bonds. The molecule has 4 aromatic carbocycles. The highest BCUT2D eigenvalue weighted by Crippen LogP contribution is 2.17. The molecule has 0 bridgehead atoms. The number of rotatable bonds is 6. The van der Waals surface area contributed by atoms with Crippen LogP contribution in [0.25, 0.3) is 10.8 Å². The van der Waals surface area contributed by atoms with Crippen LogP contribution in [0, 0.1) is 17.7 Å². The third kappa shape index (κ3) is 5.62. The lowest BCUT2D eigenvalue weighted by molar-refractivity contribution is 0.363. The van der Waals surface area contributed by atoms with Crippen molar-refractivity contribution in [2.75, 3.05) is 6.61 Å². The fourth-order valence-electron chi connectivity index (χ4n) is 3.39. The van der Waals surface area contributed by atoms with Crippen molar-refractivity contribution in [3.05, 3.63) is 126 Å². The normalized spacial score (nSPS) is 10.4. The summed E-state index contributed by atoms with van der Waals surface area (Å²) in [5.41, 5.74) is 4.46. The van der Waals surface area contributed by atoms with Gasteiger partial charge in [-0.15, -0.1) is 0 Å². The molecular formula is C29H23FO. The maximum absolute atomic E-state index is 13.3. The standard InChI is InChI=1S/C29H23FO/c1-2-19-31-29-17-12-24(13-18-29)8-7-22-3-5-23(6-4-22)9-10-25-11-14-27-21-28(30)16-15-26(27)20-25/h2-6,11-18,20-21H,1,7-8,19H2. The van der Waals surface area contributed by atoms with Crippen LogP contribution in [-0.2, 0) is 12.8 Å². The highest BCUT2D eigenvalue weighted by molar-refractivity contribution is 5.83. The van der Waals surface area contributed by atoms with Crippen LogP contribution in [-0.4, -0.2) is 6.61 Å². The van der Waals surface area contributed by atoms with Crippen molar-refractivity contribution < 1.29 is 9.13 Å². The summed E-state index contributed by atoms with van der Waals surface area (Å²) in [7, 11) is 0. The first-order chi connectivity index (χ1) is 15.2. The first-order valence-corrected chi connectivity index (χ1v) is 10.3. The zero-order valence-corrected chi connectivity index (χ0v) is 17.3. The second kappa shape index (κ2) is 9.78. The average Bonchev–Trinajstić information content (AvgIpc) is 2.81.